The van der Waals surface area contributed by atoms with E-state index in [-0.39, 0.29) is 17.4 Å². The molecule has 0 aliphatic carbocycles. The topological polar surface area (TPSA) is 93.7 Å². The molecule has 7 heteroatoms. The van der Waals surface area contributed by atoms with E-state index in [4.69, 9.17) is 9.47 Å². The Hall–Kier alpha value is -3.35. The Labute approximate surface area is 162 Å². The van der Waals surface area contributed by atoms with Gasteiger partial charge in [-0.15, -0.1) is 0 Å². The average molecular weight is 382 g/mol. The first-order valence-corrected chi connectivity index (χ1v) is 8.97. The summed E-state index contributed by atoms with van der Waals surface area (Å²) in [5, 5.41) is 7.03. The van der Waals surface area contributed by atoms with Crippen molar-refractivity contribution < 1.29 is 23.9 Å². The lowest BCUT2D eigenvalue weighted by Crippen LogP contribution is -2.45. The highest BCUT2D eigenvalue weighted by Gasteiger charge is 2.35. The molecule has 2 aromatic rings. The molecule has 0 aromatic heterocycles. The number of fused-ring (bicyclic) bond motifs is 1. The molecule has 0 fully saturated rings. The molecule has 1 aliphatic rings. The smallest absolute Gasteiger partial charge is 0.338 e. The van der Waals surface area contributed by atoms with Crippen molar-refractivity contribution >= 4 is 28.7 Å². The van der Waals surface area contributed by atoms with Crippen molar-refractivity contribution in [2.24, 2.45) is 0 Å². The lowest BCUT2D eigenvalue weighted by atomic mass is 9.90. The Bertz CT molecular complexity index is 993. The predicted octanol–water partition coefficient (Wildman–Crippen LogP) is 3.34. The van der Waals surface area contributed by atoms with Gasteiger partial charge in [-0.25, -0.2) is 9.59 Å². The quantitative estimate of drug-likeness (QED) is 0.625. The summed E-state index contributed by atoms with van der Waals surface area (Å²) in [6, 6.07) is 9.68. The number of carbonyl (C=O) groups excluding carboxylic acids is 3. The molecule has 28 heavy (non-hydrogen) atoms. The van der Waals surface area contributed by atoms with Gasteiger partial charge in [-0.2, -0.15) is 0 Å². The second kappa shape index (κ2) is 7.72. The number of benzene rings is 2. The predicted molar refractivity (Wildman–Crippen MR) is 104 cm³/mol. The van der Waals surface area contributed by atoms with Crippen molar-refractivity contribution in [1.29, 1.82) is 0 Å². The monoisotopic (exact) mass is 382 g/mol. The number of urea groups is 1. The molecule has 2 aromatic carbocycles. The molecule has 3 rings (SSSR count). The molecule has 7 nitrogen and oxygen atoms in total. The minimum atomic E-state index is -0.833. The van der Waals surface area contributed by atoms with Gasteiger partial charge in [0, 0.05) is 18.2 Å². The normalized spacial score (nSPS) is 16.6. The average Bonchev–Trinajstić information content (AvgIpc) is 2.59. The lowest BCUT2D eigenvalue weighted by Gasteiger charge is -2.30. The Kier molecular flexibility index (Phi) is 5.35. The first kappa shape index (κ1) is 19.4. The van der Waals surface area contributed by atoms with Crippen LogP contribution in [-0.2, 0) is 14.3 Å². The highest BCUT2D eigenvalue weighted by atomic mass is 16.5. The Balaban J connectivity index is 2.25. The minimum Gasteiger partial charge on any atom is -0.459 e. The van der Waals surface area contributed by atoms with Crippen LogP contribution in [0.5, 0.6) is 5.75 Å². The zero-order valence-corrected chi connectivity index (χ0v) is 16.2. The Morgan fingerprint density at radius 3 is 2.50 bits per heavy atom. The van der Waals surface area contributed by atoms with Gasteiger partial charge in [0.25, 0.3) is 0 Å². The van der Waals surface area contributed by atoms with E-state index in [2.05, 4.69) is 10.6 Å². The third-order valence-corrected chi connectivity index (χ3v) is 4.30. The molecule has 1 atom stereocenters. The fourth-order valence-corrected chi connectivity index (χ4v) is 3.28. The number of hydrogen-bond acceptors (Lipinski definition) is 5. The van der Waals surface area contributed by atoms with Gasteiger partial charge in [0.05, 0.1) is 17.7 Å². The van der Waals surface area contributed by atoms with Crippen LogP contribution in [0.1, 0.15) is 39.3 Å². The molecule has 1 heterocycles. The SMILES string of the molecule is CC(=O)Oc1ccc2ccccc2c1C1NC(=O)NC(C)=C1C(=O)OC(C)C. The van der Waals surface area contributed by atoms with Crippen molar-refractivity contribution in [3.8, 4) is 5.75 Å². The van der Waals surface area contributed by atoms with E-state index in [0.29, 0.717) is 11.3 Å². The molecular weight excluding hydrogens is 360 g/mol. The second-order valence-corrected chi connectivity index (χ2v) is 6.82. The van der Waals surface area contributed by atoms with Crippen molar-refractivity contribution in [3.05, 3.63) is 53.2 Å². The molecule has 2 amide bonds. The summed E-state index contributed by atoms with van der Waals surface area (Å²) >= 11 is 0. The van der Waals surface area contributed by atoms with Gasteiger partial charge < -0.3 is 20.1 Å². The number of hydrogen-bond donors (Lipinski definition) is 2. The summed E-state index contributed by atoms with van der Waals surface area (Å²) in [4.78, 5) is 36.6. The van der Waals surface area contributed by atoms with Crippen LogP contribution in [0.2, 0.25) is 0 Å². The molecule has 1 aliphatic heterocycles. The molecule has 146 valence electrons. The summed E-state index contributed by atoms with van der Waals surface area (Å²) < 4.78 is 10.8. The van der Waals surface area contributed by atoms with E-state index in [1.54, 1.807) is 26.8 Å². The van der Waals surface area contributed by atoms with Gasteiger partial charge in [-0.05, 0) is 37.6 Å². The van der Waals surface area contributed by atoms with E-state index in [0.717, 1.165) is 10.8 Å². The molecule has 0 saturated carbocycles. The van der Waals surface area contributed by atoms with E-state index in [1.165, 1.54) is 6.92 Å². The van der Waals surface area contributed by atoms with Crippen molar-refractivity contribution in [2.45, 2.75) is 39.8 Å². The van der Waals surface area contributed by atoms with Crippen LogP contribution in [0.4, 0.5) is 4.79 Å². The van der Waals surface area contributed by atoms with Crippen LogP contribution >= 0.6 is 0 Å². The number of rotatable bonds is 4. The van der Waals surface area contributed by atoms with E-state index >= 15 is 0 Å². The van der Waals surface area contributed by atoms with E-state index in [1.807, 2.05) is 30.3 Å². The molecule has 1 unspecified atom stereocenters. The van der Waals surface area contributed by atoms with Crippen LogP contribution in [0.25, 0.3) is 10.8 Å². The van der Waals surface area contributed by atoms with Crippen LogP contribution in [0.3, 0.4) is 0 Å². The number of ether oxygens (including phenoxy) is 2. The second-order valence-electron chi connectivity index (χ2n) is 6.82. The first-order chi connectivity index (χ1) is 13.3. The fraction of sp³-hybridized carbons (Fsp3) is 0.286. The summed E-state index contributed by atoms with van der Waals surface area (Å²) in [6.07, 6.45) is -0.327. The third kappa shape index (κ3) is 3.83. The van der Waals surface area contributed by atoms with Crippen LogP contribution in [-0.4, -0.2) is 24.1 Å². The summed E-state index contributed by atoms with van der Waals surface area (Å²) in [7, 11) is 0. The van der Waals surface area contributed by atoms with Gasteiger partial charge in [0.2, 0.25) is 0 Å². The van der Waals surface area contributed by atoms with Gasteiger partial charge in [0.15, 0.2) is 0 Å². The van der Waals surface area contributed by atoms with Gasteiger partial charge in [-0.1, -0.05) is 30.3 Å². The van der Waals surface area contributed by atoms with Gasteiger partial charge in [0.1, 0.15) is 5.75 Å². The molecular formula is C21H22N2O5. The number of esters is 2. The molecule has 0 saturated heterocycles. The number of allylic oxidation sites excluding steroid dienone is 1. The minimum absolute atomic E-state index is 0.262. The van der Waals surface area contributed by atoms with Gasteiger partial charge in [-0.3, -0.25) is 4.79 Å². The maximum absolute atomic E-state index is 12.8. The first-order valence-electron chi connectivity index (χ1n) is 8.97. The number of carbonyl (C=O) groups is 3. The highest BCUT2D eigenvalue weighted by Crippen LogP contribution is 2.39. The maximum Gasteiger partial charge on any atom is 0.338 e. The highest BCUT2D eigenvalue weighted by molar-refractivity contribution is 5.98. The zero-order valence-electron chi connectivity index (χ0n) is 16.2. The molecule has 2 N–H and O–H groups in total. The van der Waals surface area contributed by atoms with Crippen LogP contribution < -0.4 is 15.4 Å². The Morgan fingerprint density at radius 1 is 1.11 bits per heavy atom. The molecule has 0 spiro atoms. The van der Waals surface area contributed by atoms with Crippen molar-refractivity contribution in [1.82, 2.24) is 10.6 Å². The van der Waals surface area contributed by atoms with Crippen molar-refractivity contribution in [2.75, 3.05) is 0 Å². The summed E-state index contributed by atoms with van der Waals surface area (Å²) in [5.74, 6) is -0.767. The van der Waals surface area contributed by atoms with Crippen molar-refractivity contribution in [3.63, 3.8) is 0 Å². The summed E-state index contributed by atoms with van der Waals surface area (Å²) in [6.45, 7) is 6.44. The summed E-state index contributed by atoms with van der Waals surface area (Å²) in [5.41, 5.74) is 1.18. The maximum atomic E-state index is 12.8. The standard InChI is InChI=1S/C21H22N2O5/c1-11(2)27-20(25)17-12(3)22-21(26)23-19(17)18-15-8-6-5-7-14(15)9-10-16(18)28-13(4)24/h5-11,19H,1-4H3,(H2,22,23,26). The van der Waals surface area contributed by atoms with E-state index < -0.39 is 24.0 Å². The number of amides is 2. The van der Waals surface area contributed by atoms with Crippen LogP contribution in [0, 0.1) is 0 Å². The van der Waals surface area contributed by atoms with Crippen LogP contribution in [0.15, 0.2) is 47.7 Å². The number of nitrogens with one attached hydrogen (secondary N) is 2. The Morgan fingerprint density at radius 2 is 1.82 bits per heavy atom. The largest absolute Gasteiger partial charge is 0.459 e. The fourth-order valence-electron chi connectivity index (χ4n) is 3.28. The lowest BCUT2D eigenvalue weighted by molar-refractivity contribution is -0.143. The van der Waals surface area contributed by atoms with E-state index in [9.17, 15) is 14.4 Å². The third-order valence-electron chi connectivity index (χ3n) is 4.30. The molecule has 0 radical (unpaired) electrons. The van der Waals surface area contributed by atoms with Gasteiger partial charge >= 0.3 is 18.0 Å². The zero-order chi connectivity index (χ0) is 20.4. The molecule has 0 bridgehead atoms.